The molecule has 2 aliphatic rings. The summed E-state index contributed by atoms with van der Waals surface area (Å²) in [5.74, 6) is -0.204. The van der Waals surface area contributed by atoms with E-state index in [1.165, 1.54) is 23.5 Å². The van der Waals surface area contributed by atoms with E-state index in [2.05, 4.69) is 5.10 Å². The second kappa shape index (κ2) is 7.28. The molecule has 2 aromatic rings. The normalized spacial score (nSPS) is 21.7. The van der Waals surface area contributed by atoms with Crippen LogP contribution in [-0.4, -0.2) is 33.6 Å². The van der Waals surface area contributed by atoms with Crippen molar-refractivity contribution in [2.24, 2.45) is 5.10 Å². The van der Waals surface area contributed by atoms with Crippen LogP contribution in [0.1, 0.15) is 6.92 Å². The number of hydrazone groups is 1. The zero-order valence-corrected chi connectivity index (χ0v) is 16.2. The van der Waals surface area contributed by atoms with Crippen molar-refractivity contribution < 1.29 is 14.3 Å². The number of para-hydroxylation sites is 2. The number of ether oxygens (including phenoxy) is 1. The van der Waals surface area contributed by atoms with E-state index in [9.17, 15) is 9.59 Å². The first-order valence-corrected chi connectivity index (χ1v) is 10.3. The molecule has 2 heterocycles. The van der Waals surface area contributed by atoms with Crippen LogP contribution < -0.4 is 9.91 Å². The van der Waals surface area contributed by atoms with Crippen LogP contribution in [0.3, 0.4) is 0 Å². The Hall–Kier alpha value is -2.45. The number of hydrogen-bond donors (Lipinski definition) is 0. The Labute approximate surface area is 165 Å². The van der Waals surface area contributed by atoms with Crippen molar-refractivity contribution in [3.63, 3.8) is 0 Å². The van der Waals surface area contributed by atoms with E-state index in [0.717, 1.165) is 11.4 Å². The Morgan fingerprint density at radius 2 is 1.74 bits per heavy atom. The molecule has 0 bridgehead atoms. The molecule has 1 amide bonds. The molecule has 138 valence electrons. The van der Waals surface area contributed by atoms with Gasteiger partial charge in [0.1, 0.15) is 0 Å². The van der Waals surface area contributed by atoms with Crippen LogP contribution in [0.4, 0.5) is 11.4 Å². The summed E-state index contributed by atoms with van der Waals surface area (Å²) in [6, 6.07) is 19.0. The number of benzene rings is 2. The quantitative estimate of drug-likeness (QED) is 0.734. The van der Waals surface area contributed by atoms with Gasteiger partial charge in [-0.2, -0.15) is 5.10 Å². The molecule has 2 aromatic carbocycles. The minimum Gasteiger partial charge on any atom is -0.461 e. The average Bonchev–Trinajstić information content (AvgIpc) is 3.24. The summed E-state index contributed by atoms with van der Waals surface area (Å²) in [5.41, 5.74) is 1.56. The smallest absolute Gasteiger partial charge is 0.365 e. The number of anilines is 2. The Balaban J connectivity index is 1.81. The van der Waals surface area contributed by atoms with E-state index < -0.39 is 10.3 Å². The zero-order valence-electron chi connectivity index (χ0n) is 14.6. The number of carbonyl (C=O) groups excluding carboxylic acids is 2. The average molecular weight is 399 g/mol. The van der Waals surface area contributed by atoms with E-state index in [1.54, 1.807) is 16.8 Å². The Kier molecular flexibility index (Phi) is 4.84. The number of esters is 1. The van der Waals surface area contributed by atoms with E-state index in [-0.39, 0.29) is 17.6 Å². The monoisotopic (exact) mass is 399 g/mol. The lowest BCUT2D eigenvalue weighted by Crippen LogP contribution is -2.51. The third kappa shape index (κ3) is 3.08. The predicted octanol–water partition coefficient (Wildman–Crippen LogP) is 3.51. The summed E-state index contributed by atoms with van der Waals surface area (Å²) < 4.78 is 4.25. The maximum atomic E-state index is 12.8. The highest BCUT2D eigenvalue weighted by molar-refractivity contribution is 8.28. The molecule has 0 aliphatic carbocycles. The number of rotatable bonds is 4. The molecule has 1 saturated heterocycles. The molecule has 0 saturated carbocycles. The van der Waals surface area contributed by atoms with Crippen LogP contribution in [0, 0.1) is 0 Å². The van der Waals surface area contributed by atoms with Gasteiger partial charge in [-0.05, 0) is 43.0 Å². The van der Waals surface area contributed by atoms with Crippen molar-refractivity contribution in [2.75, 3.05) is 22.3 Å². The molecular weight excluding hydrogens is 382 g/mol. The molecule has 27 heavy (non-hydrogen) atoms. The SMILES string of the molecule is CCOC(=O)C1=NN(c2ccccc2)[C@]2(SCC(=O)N2c2ccccc2)S1. The fraction of sp³-hybridized carbons (Fsp3) is 0.211. The van der Waals surface area contributed by atoms with Gasteiger partial charge in [-0.25, -0.2) is 9.80 Å². The molecule has 0 radical (unpaired) electrons. The van der Waals surface area contributed by atoms with Crippen LogP contribution in [0.25, 0.3) is 0 Å². The molecule has 2 aliphatic heterocycles. The van der Waals surface area contributed by atoms with Crippen molar-refractivity contribution in [3.05, 3.63) is 60.7 Å². The van der Waals surface area contributed by atoms with Gasteiger partial charge in [-0.15, -0.1) is 0 Å². The highest BCUT2D eigenvalue weighted by Crippen LogP contribution is 2.55. The first-order chi connectivity index (χ1) is 13.2. The second-order valence-electron chi connectivity index (χ2n) is 5.78. The van der Waals surface area contributed by atoms with E-state index in [0.29, 0.717) is 5.75 Å². The van der Waals surface area contributed by atoms with Gasteiger partial charge in [0.15, 0.2) is 0 Å². The van der Waals surface area contributed by atoms with E-state index in [4.69, 9.17) is 4.74 Å². The lowest BCUT2D eigenvalue weighted by molar-refractivity contribution is -0.134. The Morgan fingerprint density at radius 1 is 1.11 bits per heavy atom. The molecule has 0 unspecified atom stereocenters. The molecule has 1 fully saturated rings. The molecule has 1 atom stereocenters. The largest absolute Gasteiger partial charge is 0.461 e. The van der Waals surface area contributed by atoms with Crippen molar-refractivity contribution in [1.29, 1.82) is 0 Å². The van der Waals surface area contributed by atoms with Gasteiger partial charge in [0.05, 0.1) is 18.0 Å². The van der Waals surface area contributed by atoms with Gasteiger partial charge in [-0.3, -0.25) is 9.69 Å². The minimum absolute atomic E-state index is 0.0278. The minimum atomic E-state index is -0.901. The maximum Gasteiger partial charge on any atom is 0.365 e. The van der Waals surface area contributed by atoms with Crippen molar-refractivity contribution in [3.8, 4) is 0 Å². The highest BCUT2D eigenvalue weighted by atomic mass is 32.2. The standard InChI is InChI=1S/C19H17N3O3S2/c1-2-25-18(24)17-20-22(15-11-7-4-8-12-15)19(27-17)21(16(23)13-26-19)14-9-5-3-6-10-14/h3-12H,2,13H2,1H3/t19-/m1/s1. The first-order valence-electron chi connectivity index (χ1n) is 8.48. The summed E-state index contributed by atoms with van der Waals surface area (Å²) in [6.07, 6.45) is 0. The predicted molar refractivity (Wildman–Crippen MR) is 110 cm³/mol. The number of amides is 1. The molecule has 1 spiro atoms. The third-order valence-electron chi connectivity index (χ3n) is 4.07. The molecular formula is C19H17N3O3S2. The van der Waals surface area contributed by atoms with Crippen molar-refractivity contribution in [1.82, 2.24) is 0 Å². The maximum absolute atomic E-state index is 12.8. The van der Waals surface area contributed by atoms with Crippen molar-refractivity contribution in [2.45, 2.75) is 11.3 Å². The first kappa shape index (κ1) is 17.9. The second-order valence-corrected chi connectivity index (χ2v) is 8.34. The van der Waals surface area contributed by atoms with Gasteiger partial charge in [-0.1, -0.05) is 48.2 Å². The summed E-state index contributed by atoms with van der Waals surface area (Å²) >= 11 is 2.70. The lowest BCUT2D eigenvalue weighted by atomic mass is 10.3. The summed E-state index contributed by atoms with van der Waals surface area (Å²) in [6.45, 7) is 2.03. The van der Waals surface area contributed by atoms with Crippen LogP contribution in [0.2, 0.25) is 0 Å². The number of carbonyl (C=O) groups is 2. The van der Waals surface area contributed by atoms with Gasteiger partial charge in [0, 0.05) is 5.69 Å². The summed E-state index contributed by atoms with van der Waals surface area (Å²) in [5, 5.41) is 6.53. The van der Waals surface area contributed by atoms with Gasteiger partial charge < -0.3 is 4.74 Å². The van der Waals surface area contributed by atoms with Crippen LogP contribution >= 0.6 is 23.5 Å². The summed E-state index contributed by atoms with van der Waals surface area (Å²) in [7, 11) is 0. The van der Waals surface area contributed by atoms with E-state index in [1.807, 2.05) is 60.7 Å². The van der Waals surface area contributed by atoms with Crippen LogP contribution in [-0.2, 0) is 14.3 Å². The van der Waals surface area contributed by atoms with Crippen molar-refractivity contribution >= 4 is 51.8 Å². The van der Waals surface area contributed by atoms with Crippen LogP contribution in [0.15, 0.2) is 65.8 Å². The fourth-order valence-electron chi connectivity index (χ4n) is 2.97. The van der Waals surface area contributed by atoms with Gasteiger partial charge in [0.25, 0.3) is 0 Å². The molecule has 4 rings (SSSR count). The topological polar surface area (TPSA) is 62.2 Å². The highest BCUT2D eigenvalue weighted by Gasteiger charge is 2.58. The fourth-order valence-corrected chi connectivity index (χ4v) is 5.71. The third-order valence-corrected chi connectivity index (χ3v) is 6.86. The molecule has 0 N–H and O–H groups in total. The van der Waals surface area contributed by atoms with E-state index >= 15 is 0 Å². The Bertz CT molecular complexity index is 892. The Morgan fingerprint density at radius 3 is 2.37 bits per heavy atom. The zero-order chi connectivity index (χ0) is 18.9. The molecule has 0 aromatic heterocycles. The molecule has 8 heteroatoms. The van der Waals surface area contributed by atoms with Gasteiger partial charge in [0.2, 0.25) is 15.3 Å². The number of nitrogens with zero attached hydrogens (tertiary/aromatic N) is 3. The number of thioether (sulfide) groups is 2. The van der Waals surface area contributed by atoms with Gasteiger partial charge >= 0.3 is 5.97 Å². The summed E-state index contributed by atoms with van der Waals surface area (Å²) in [4.78, 5) is 26.9. The van der Waals surface area contributed by atoms with Crippen LogP contribution in [0.5, 0.6) is 0 Å². The lowest BCUT2D eigenvalue weighted by Gasteiger charge is -2.38. The number of hydrogen-bond acceptors (Lipinski definition) is 7. The molecule has 6 nitrogen and oxygen atoms in total.